The second-order valence-electron chi connectivity index (χ2n) is 3.24. The molecular weight excluding hydrogens is 210 g/mol. The molecular formula is C11H17NO4. The van der Waals surface area contributed by atoms with Crippen LogP contribution in [0.2, 0.25) is 0 Å². The minimum absolute atomic E-state index is 0.220. The number of aromatic nitrogens is 1. The summed E-state index contributed by atoms with van der Waals surface area (Å²) in [5.74, 6) is 0.619. The van der Waals surface area contributed by atoms with Crippen LogP contribution in [0, 0.1) is 0 Å². The standard InChI is InChI=1S/C11H17NO4/c1-14-3-4-16-8-11(13)9-5-10(15-2)7-12-6-9/h5-7,11,13H,3-4,8H2,1-2H3. The third-order valence-electron chi connectivity index (χ3n) is 2.06. The summed E-state index contributed by atoms with van der Waals surface area (Å²) in [6.07, 6.45) is 2.48. The van der Waals surface area contributed by atoms with Crippen LogP contribution in [0.1, 0.15) is 11.7 Å². The minimum Gasteiger partial charge on any atom is -0.495 e. The van der Waals surface area contributed by atoms with Crippen molar-refractivity contribution in [3.63, 3.8) is 0 Å². The molecule has 0 bridgehead atoms. The van der Waals surface area contributed by atoms with Gasteiger partial charge in [-0.05, 0) is 6.07 Å². The molecule has 0 aliphatic carbocycles. The van der Waals surface area contributed by atoms with E-state index in [2.05, 4.69) is 4.98 Å². The Morgan fingerprint density at radius 2 is 2.12 bits per heavy atom. The molecule has 0 saturated heterocycles. The first kappa shape index (κ1) is 12.9. The summed E-state index contributed by atoms with van der Waals surface area (Å²) in [6, 6.07) is 1.73. The van der Waals surface area contributed by atoms with Crippen molar-refractivity contribution in [1.29, 1.82) is 0 Å². The zero-order chi connectivity index (χ0) is 11.8. The number of rotatable bonds is 7. The van der Waals surface area contributed by atoms with Gasteiger partial charge >= 0.3 is 0 Å². The quantitative estimate of drug-likeness (QED) is 0.698. The highest BCUT2D eigenvalue weighted by atomic mass is 16.5. The zero-order valence-electron chi connectivity index (χ0n) is 9.55. The van der Waals surface area contributed by atoms with Crippen molar-refractivity contribution < 1.29 is 19.3 Å². The summed E-state index contributed by atoms with van der Waals surface area (Å²) in [5, 5.41) is 9.78. The molecule has 0 aliphatic rings. The van der Waals surface area contributed by atoms with Crippen molar-refractivity contribution in [3.05, 3.63) is 24.0 Å². The fourth-order valence-corrected chi connectivity index (χ4v) is 1.16. The average molecular weight is 227 g/mol. The van der Waals surface area contributed by atoms with Crippen LogP contribution in [-0.2, 0) is 9.47 Å². The number of pyridine rings is 1. The molecule has 0 aromatic carbocycles. The van der Waals surface area contributed by atoms with E-state index in [9.17, 15) is 5.11 Å². The SMILES string of the molecule is COCCOCC(O)c1cncc(OC)c1. The summed E-state index contributed by atoms with van der Waals surface area (Å²) in [6.45, 7) is 1.20. The summed E-state index contributed by atoms with van der Waals surface area (Å²) in [5.41, 5.74) is 0.678. The van der Waals surface area contributed by atoms with Gasteiger partial charge in [-0.25, -0.2) is 0 Å². The molecule has 0 radical (unpaired) electrons. The van der Waals surface area contributed by atoms with Gasteiger partial charge in [-0.1, -0.05) is 0 Å². The predicted molar refractivity (Wildman–Crippen MR) is 58.4 cm³/mol. The second-order valence-corrected chi connectivity index (χ2v) is 3.24. The van der Waals surface area contributed by atoms with Gasteiger partial charge in [0.25, 0.3) is 0 Å². The normalized spacial score (nSPS) is 12.4. The molecule has 1 rings (SSSR count). The van der Waals surface area contributed by atoms with Crippen molar-refractivity contribution >= 4 is 0 Å². The lowest BCUT2D eigenvalue weighted by Crippen LogP contribution is -2.10. The van der Waals surface area contributed by atoms with Crippen LogP contribution in [-0.4, -0.2) is 44.1 Å². The molecule has 1 aromatic rings. The van der Waals surface area contributed by atoms with E-state index in [4.69, 9.17) is 14.2 Å². The van der Waals surface area contributed by atoms with E-state index in [1.807, 2.05) is 0 Å². The van der Waals surface area contributed by atoms with E-state index in [-0.39, 0.29) is 6.61 Å². The topological polar surface area (TPSA) is 60.8 Å². The van der Waals surface area contributed by atoms with Crippen molar-refractivity contribution in [1.82, 2.24) is 4.98 Å². The molecule has 0 aliphatic heterocycles. The lowest BCUT2D eigenvalue weighted by Gasteiger charge is -2.11. The molecule has 1 heterocycles. The highest BCUT2D eigenvalue weighted by Gasteiger charge is 2.08. The third kappa shape index (κ3) is 4.14. The Morgan fingerprint density at radius 1 is 1.31 bits per heavy atom. The first-order valence-electron chi connectivity index (χ1n) is 5.01. The number of hydrogen-bond acceptors (Lipinski definition) is 5. The lowest BCUT2D eigenvalue weighted by atomic mass is 10.2. The summed E-state index contributed by atoms with van der Waals surface area (Å²) >= 11 is 0. The summed E-state index contributed by atoms with van der Waals surface area (Å²) in [4.78, 5) is 3.96. The van der Waals surface area contributed by atoms with Crippen LogP contribution in [0.4, 0.5) is 0 Å². The summed E-state index contributed by atoms with van der Waals surface area (Å²) in [7, 11) is 3.16. The van der Waals surface area contributed by atoms with E-state index >= 15 is 0 Å². The number of aliphatic hydroxyl groups excluding tert-OH is 1. The summed E-state index contributed by atoms with van der Waals surface area (Å²) < 4.78 is 15.1. The van der Waals surface area contributed by atoms with Gasteiger partial charge in [0, 0.05) is 18.9 Å². The predicted octanol–water partition coefficient (Wildman–Crippen LogP) is 0.787. The van der Waals surface area contributed by atoms with Crippen LogP contribution in [0.5, 0.6) is 5.75 Å². The molecule has 16 heavy (non-hydrogen) atoms. The van der Waals surface area contributed by atoms with E-state index < -0.39 is 6.10 Å². The fraction of sp³-hybridized carbons (Fsp3) is 0.545. The van der Waals surface area contributed by atoms with Crippen molar-refractivity contribution in [3.8, 4) is 5.75 Å². The third-order valence-corrected chi connectivity index (χ3v) is 2.06. The maximum Gasteiger partial charge on any atom is 0.137 e. The smallest absolute Gasteiger partial charge is 0.137 e. The van der Waals surface area contributed by atoms with Crippen molar-refractivity contribution in [2.75, 3.05) is 34.0 Å². The highest BCUT2D eigenvalue weighted by Crippen LogP contribution is 2.17. The van der Waals surface area contributed by atoms with Gasteiger partial charge in [-0.2, -0.15) is 0 Å². The van der Waals surface area contributed by atoms with Crippen LogP contribution >= 0.6 is 0 Å². The van der Waals surface area contributed by atoms with E-state index in [0.29, 0.717) is 24.5 Å². The van der Waals surface area contributed by atoms with Gasteiger partial charge in [-0.3, -0.25) is 4.98 Å². The maximum absolute atomic E-state index is 9.78. The molecule has 1 unspecified atom stereocenters. The second kappa shape index (κ2) is 7.16. The highest BCUT2D eigenvalue weighted by molar-refractivity contribution is 5.24. The van der Waals surface area contributed by atoms with Crippen LogP contribution in [0.25, 0.3) is 0 Å². The number of aliphatic hydroxyl groups is 1. The fourth-order valence-electron chi connectivity index (χ4n) is 1.16. The zero-order valence-corrected chi connectivity index (χ0v) is 9.55. The van der Waals surface area contributed by atoms with Crippen molar-refractivity contribution in [2.24, 2.45) is 0 Å². The van der Waals surface area contributed by atoms with Gasteiger partial charge in [0.05, 0.1) is 33.1 Å². The van der Waals surface area contributed by atoms with Gasteiger partial charge in [0.15, 0.2) is 0 Å². The Kier molecular flexibility index (Phi) is 5.77. The molecule has 0 spiro atoms. The molecule has 1 aromatic heterocycles. The Morgan fingerprint density at radius 3 is 2.81 bits per heavy atom. The minimum atomic E-state index is -0.695. The first-order chi connectivity index (χ1) is 7.77. The Hall–Kier alpha value is -1.17. The van der Waals surface area contributed by atoms with Gasteiger partial charge in [0.1, 0.15) is 11.9 Å². The van der Waals surface area contributed by atoms with Crippen molar-refractivity contribution in [2.45, 2.75) is 6.10 Å². The molecule has 1 atom stereocenters. The first-order valence-corrected chi connectivity index (χ1v) is 5.01. The van der Waals surface area contributed by atoms with Crippen LogP contribution in [0.3, 0.4) is 0 Å². The van der Waals surface area contributed by atoms with Gasteiger partial charge in [0.2, 0.25) is 0 Å². The average Bonchev–Trinajstić information content (AvgIpc) is 2.34. The lowest BCUT2D eigenvalue weighted by molar-refractivity contribution is 0.0124. The molecule has 90 valence electrons. The molecule has 5 nitrogen and oxygen atoms in total. The monoisotopic (exact) mass is 227 g/mol. The van der Waals surface area contributed by atoms with Crippen LogP contribution in [0.15, 0.2) is 18.5 Å². The number of hydrogen-bond donors (Lipinski definition) is 1. The van der Waals surface area contributed by atoms with E-state index in [1.165, 1.54) is 0 Å². The number of methoxy groups -OCH3 is 2. The van der Waals surface area contributed by atoms with Crippen LogP contribution < -0.4 is 4.74 Å². The largest absolute Gasteiger partial charge is 0.495 e. The van der Waals surface area contributed by atoms with Gasteiger partial charge < -0.3 is 19.3 Å². The van der Waals surface area contributed by atoms with Gasteiger partial charge in [-0.15, -0.1) is 0 Å². The number of ether oxygens (including phenoxy) is 3. The maximum atomic E-state index is 9.78. The molecule has 0 fully saturated rings. The number of nitrogens with zero attached hydrogens (tertiary/aromatic N) is 1. The Bertz CT molecular complexity index is 306. The van der Waals surface area contributed by atoms with E-state index in [1.54, 1.807) is 32.7 Å². The molecule has 5 heteroatoms. The Labute approximate surface area is 95.0 Å². The molecule has 1 N–H and O–H groups in total. The molecule has 0 saturated carbocycles. The molecule has 0 amide bonds. The van der Waals surface area contributed by atoms with E-state index in [0.717, 1.165) is 0 Å². The Balaban J connectivity index is 2.42.